The molecule has 1 saturated heterocycles. The molecule has 36 heavy (non-hydrogen) atoms. The Bertz CT molecular complexity index is 1060. The molecule has 5 fully saturated rings. The van der Waals surface area contributed by atoms with E-state index in [1.807, 2.05) is 13.8 Å². The van der Waals surface area contributed by atoms with Crippen molar-refractivity contribution in [3.8, 4) is 0 Å². The highest BCUT2D eigenvalue weighted by atomic mass is 16.5. The van der Waals surface area contributed by atoms with Crippen molar-refractivity contribution in [2.75, 3.05) is 38.3 Å². The lowest BCUT2D eigenvalue weighted by molar-refractivity contribution is -0.145. The molecule has 10 heteroatoms. The molecule has 3 amide bonds. The zero-order valence-electron chi connectivity index (χ0n) is 21.5. The van der Waals surface area contributed by atoms with Gasteiger partial charge in [-0.1, -0.05) is 6.08 Å². The fourth-order valence-corrected chi connectivity index (χ4v) is 7.16. The van der Waals surface area contributed by atoms with E-state index < -0.39 is 5.41 Å². The van der Waals surface area contributed by atoms with E-state index in [1.165, 1.54) is 0 Å². The molecule has 4 N–H and O–H groups in total. The molecule has 2 heterocycles. The van der Waals surface area contributed by atoms with Crippen molar-refractivity contribution in [2.24, 2.45) is 34.3 Å². The van der Waals surface area contributed by atoms with Crippen LogP contribution in [0.3, 0.4) is 0 Å². The lowest BCUT2D eigenvalue weighted by Crippen LogP contribution is -2.62. The molecule has 1 aliphatic heterocycles. The van der Waals surface area contributed by atoms with Crippen LogP contribution in [-0.4, -0.2) is 66.9 Å². The minimum atomic E-state index is -0.734. The predicted molar refractivity (Wildman–Crippen MR) is 135 cm³/mol. The Hall–Kier alpha value is -2.88. The van der Waals surface area contributed by atoms with Crippen LogP contribution in [0.5, 0.6) is 0 Å². The highest BCUT2D eigenvalue weighted by molar-refractivity contribution is 5.99. The standard InChI is InChI=1S/C26H38N6O4/c1-25(2,24(35)28-3)4-5-32-22(31-6-8-36-9-7-31)19(15-29-32)21(33)30-20-17-10-16-11-18(20)14-26(12-16,13-17)23(27)34/h4-5,15-18,20H,6-14H2,1-3H3,(H2,27,34)(H,28,35)(H,30,33). The Morgan fingerprint density at radius 3 is 2.44 bits per heavy atom. The van der Waals surface area contributed by atoms with E-state index in [0.29, 0.717) is 43.6 Å². The van der Waals surface area contributed by atoms with Crippen LogP contribution in [0.2, 0.25) is 0 Å². The van der Waals surface area contributed by atoms with Gasteiger partial charge in [-0.3, -0.25) is 14.4 Å². The molecule has 1 aromatic rings. The first-order valence-electron chi connectivity index (χ1n) is 13.1. The van der Waals surface area contributed by atoms with E-state index in [0.717, 1.165) is 32.1 Å². The lowest BCUT2D eigenvalue weighted by Gasteiger charge is -2.58. The SMILES string of the molecule is CNC(=O)C(C)(C)C=Cn1ncc(C(=O)NC2C3CC4CC2CC(C(N)=O)(C4)C3)c1N1CCOCC1. The van der Waals surface area contributed by atoms with Crippen LogP contribution in [0.15, 0.2) is 12.3 Å². The number of primary amides is 1. The fourth-order valence-electron chi connectivity index (χ4n) is 7.16. The summed E-state index contributed by atoms with van der Waals surface area (Å²) >= 11 is 0. The number of morpholine rings is 1. The number of nitrogens with one attached hydrogen (secondary N) is 2. The van der Waals surface area contributed by atoms with E-state index in [9.17, 15) is 14.4 Å². The number of aromatic nitrogens is 2. The Kier molecular flexibility index (Phi) is 6.34. The highest BCUT2D eigenvalue weighted by Crippen LogP contribution is 2.60. The van der Waals surface area contributed by atoms with E-state index in [-0.39, 0.29) is 41.0 Å². The zero-order chi connectivity index (χ0) is 25.7. The molecule has 6 rings (SSSR count). The molecule has 4 aliphatic carbocycles. The summed E-state index contributed by atoms with van der Waals surface area (Å²) in [7, 11) is 1.61. The fraction of sp³-hybridized carbons (Fsp3) is 0.692. The molecule has 10 nitrogen and oxygen atoms in total. The topological polar surface area (TPSA) is 132 Å². The number of hydrogen-bond acceptors (Lipinski definition) is 6. The van der Waals surface area contributed by atoms with E-state index in [2.05, 4.69) is 20.6 Å². The second-order valence-electron chi connectivity index (χ2n) is 11.7. The maximum atomic E-state index is 13.7. The molecule has 1 aromatic heterocycles. The number of amides is 3. The quantitative estimate of drug-likeness (QED) is 0.520. The molecule has 2 atom stereocenters. The second kappa shape index (κ2) is 9.21. The Labute approximate surface area is 212 Å². The number of hydrogen-bond donors (Lipinski definition) is 3. The summed E-state index contributed by atoms with van der Waals surface area (Å²) in [5, 5.41) is 10.5. The van der Waals surface area contributed by atoms with Crippen molar-refractivity contribution in [2.45, 2.75) is 52.0 Å². The molecule has 4 bridgehead atoms. The van der Waals surface area contributed by atoms with Crippen LogP contribution in [0, 0.1) is 28.6 Å². The van der Waals surface area contributed by atoms with Crippen LogP contribution < -0.4 is 21.3 Å². The number of anilines is 1. The highest BCUT2D eigenvalue weighted by Gasteiger charge is 2.58. The van der Waals surface area contributed by atoms with Crippen LogP contribution in [0.25, 0.3) is 6.20 Å². The first kappa shape index (κ1) is 24.8. The Morgan fingerprint density at radius 1 is 1.17 bits per heavy atom. The summed E-state index contributed by atoms with van der Waals surface area (Å²) in [6.45, 7) is 6.11. The van der Waals surface area contributed by atoms with Crippen LogP contribution in [0.4, 0.5) is 5.82 Å². The van der Waals surface area contributed by atoms with E-state index in [4.69, 9.17) is 10.5 Å². The second-order valence-corrected chi connectivity index (χ2v) is 11.7. The molecule has 0 radical (unpaired) electrons. The van der Waals surface area contributed by atoms with Gasteiger partial charge in [0.05, 0.1) is 24.8 Å². The van der Waals surface area contributed by atoms with Gasteiger partial charge in [0.2, 0.25) is 11.8 Å². The maximum absolute atomic E-state index is 13.7. The first-order valence-corrected chi connectivity index (χ1v) is 13.1. The number of ether oxygens (including phenoxy) is 1. The van der Waals surface area contributed by atoms with Crippen molar-refractivity contribution in [1.82, 2.24) is 20.4 Å². The third-order valence-corrected chi connectivity index (χ3v) is 8.86. The smallest absolute Gasteiger partial charge is 0.256 e. The van der Waals surface area contributed by atoms with Gasteiger partial charge in [0.25, 0.3) is 5.91 Å². The average molecular weight is 499 g/mol. The number of carbonyl (C=O) groups is 3. The first-order chi connectivity index (χ1) is 17.1. The van der Waals surface area contributed by atoms with Gasteiger partial charge in [-0.05, 0) is 63.7 Å². The van der Waals surface area contributed by atoms with E-state index >= 15 is 0 Å². The summed E-state index contributed by atoms with van der Waals surface area (Å²) in [6.07, 6.45) is 9.70. The summed E-state index contributed by atoms with van der Waals surface area (Å²) in [5.41, 5.74) is 5.23. The van der Waals surface area contributed by atoms with Crippen molar-refractivity contribution in [1.29, 1.82) is 0 Å². The minimum Gasteiger partial charge on any atom is -0.378 e. The Balaban J connectivity index is 1.40. The average Bonchev–Trinajstić information content (AvgIpc) is 3.28. The molecule has 0 spiro atoms. The molecule has 5 aliphatic rings. The molecule has 196 valence electrons. The zero-order valence-corrected chi connectivity index (χ0v) is 21.5. The summed E-state index contributed by atoms with van der Waals surface area (Å²) in [4.78, 5) is 40.3. The maximum Gasteiger partial charge on any atom is 0.256 e. The van der Waals surface area contributed by atoms with E-state index in [1.54, 1.807) is 30.2 Å². The van der Waals surface area contributed by atoms with Crippen molar-refractivity contribution >= 4 is 29.7 Å². The van der Waals surface area contributed by atoms with Gasteiger partial charge < -0.3 is 26.0 Å². The van der Waals surface area contributed by atoms with Crippen molar-refractivity contribution in [3.05, 3.63) is 17.8 Å². The summed E-state index contributed by atoms with van der Waals surface area (Å²) in [5.74, 6) is 1.38. The van der Waals surface area contributed by atoms with Gasteiger partial charge in [0.15, 0.2) is 0 Å². The normalized spacial score (nSPS) is 31.6. The Morgan fingerprint density at radius 2 is 1.83 bits per heavy atom. The van der Waals surface area contributed by atoms with Gasteiger partial charge in [-0.25, -0.2) is 4.68 Å². The van der Waals surface area contributed by atoms with Crippen molar-refractivity contribution < 1.29 is 19.1 Å². The van der Waals surface area contributed by atoms with Gasteiger partial charge >= 0.3 is 0 Å². The minimum absolute atomic E-state index is 0.0464. The monoisotopic (exact) mass is 498 g/mol. The molecular weight excluding hydrogens is 460 g/mol. The van der Waals surface area contributed by atoms with Crippen LogP contribution in [-0.2, 0) is 14.3 Å². The number of nitrogens with two attached hydrogens (primary N) is 1. The summed E-state index contributed by atoms with van der Waals surface area (Å²) < 4.78 is 7.22. The van der Waals surface area contributed by atoms with Crippen LogP contribution >= 0.6 is 0 Å². The lowest BCUT2D eigenvalue weighted by atomic mass is 9.47. The molecule has 2 unspecified atom stereocenters. The third kappa shape index (κ3) is 4.29. The van der Waals surface area contributed by atoms with Crippen LogP contribution in [0.1, 0.15) is 56.3 Å². The molecule has 4 saturated carbocycles. The molecular formula is C26H38N6O4. The number of nitrogens with zero attached hydrogens (tertiary/aromatic N) is 3. The van der Waals surface area contributed by atoms with Gasteiger partial charge in [-0.15, -0.1) is 0 Å². The third-order valence-electron chi connectivity index (χ3n) is 8.86. The summed E-state index contributed by atoms with van der Waals surface area (Å²) in [6, 6.07) is 0.0464. The largest absolute Gasteiger partial charge is 0.378 e. The molecule has 0 aromatic carbocycles. The van der Waals surface area contributed by atoms with Gasteiger partial charge in [0.1, 0.15) is 11.4 Å². The predicted octanol–water partition coefficient (Wildman–Crippen LogP) is 1.37. The van der Waals surface area contributed by atoms with Gasteiger partial charge in [-0.2, -0.15) is 5.10 Å². The number of carbonyl (C=O) groups excluding carboxylic acids is 3. The van der Waals surface area contributed by atoms with Crippen molar-refractivity contribution in [3.63, 3.8) is 0 Å². The van der Waals surface area contributed by atoms with Gasteiger partial charge in [0, 0.05) is 37.8 Å². The number of rotatable bonds is 7.